The standard InChI is InChI=1S/C31H38ClN3O4S/c1-5-28(31(37)33-21-23(2)3)34(19-18-25-12-8-6-9-13-25)30(36)22-35(29-17-16-26(32)20-24(29)4)40(38,39)27-14-10-7-11-15-27/h6-17,20,23,28H,5,18-19,21-22H2,1-4H3,(H,33,37)/t28-/m0/s1. The van der Waals surface area contributed by atoms with Crippen LogP contribution in [0.25, 0.3) is 0 Å². The molecule has 3 rings (SSSR count). The van der Waals surface area contributed by atoms with Crippen LogP contribution in [0.1, 0.15) is 38.3 Å². The van der Waals surface area contributed by atoms with E-state index in [-0.39, 0.29) is 23.3 Å². The zero-order valence-corrected chi connectivity index (χ0v) is 25.1. The summed E-state index contributed by atoms with van der Waals surface area (Å²) in [7, 11) is -4.12. The lowest BCUT2D eigenvalue weighted by molar-refractivity contribution is -0.139. The summed E-state index contributed by atoms with van der Waals surface area (Å²) in [6.07, 6.45) is 0.905. The van der Waals surface area contributed by atoms with Gasteiger partial charge in [0.2, 0.25) is 11.8 Å². The van der Waals surface area contributed by atoms with E-state index in [9.17, 15) is 18.0 Å². The lowest BCUT2D eigenvalue weighted by atomic mass is 10.1. The van der Waals surface area contributed by atoms with Crippen LogP contribution in [0.2, 0.25) is 5.02 Å². The molecule has 0 heterocycles. The van der Waals surface area contributed by atoms with E-state index in [1.54, 1.807) is 43.3 Å². The molecule has 0 bridgehead atoms. The molecule has 1 N–H and O–H groups in total. The predicted molar refractivity (Wildman–Crippen MR) is 161 cm³/mol. The van der Waals surface area contributed by atoms with Crippen molar-refractivity contribution in [1.82, 2.24) is 10.2 Å². The number of nitrogens with one attached hydrogen (secondary N) is 1. The number of sulfonamides is 1. The molecule has 0 spiro atoms. The highest BCUT2D eigenvalue weighted by Gasteiger charge is 2.34. The van der Waals surface area contributed by atoms with Crippen LogP contribution in [-0.4, -0.2) is 50.8 Å². The smallest absolute Gasteiger partial charge is 0.264 e. The monoisotopic (exact) mass is 583 g/mol. The Kier molecular flexibility index (Phi) is 11.2. The Hall–Kier alpha value is -3.36. The van der Waals surface area contributed by atoms with E-state index in [0.717, 1.165) is 9.87 Å². The maximum atomic E-state index is 14.1. The zero-order chi connectivity index (χ0) is 29.3. The van der Waals surface area contributed by atoms with Gasteiger partial charge in [-0.2, -0.15) is 0 Å². The molecular formula is C31H38ClN3O4S. The van der Waals surface area contributed by atoms with Gasteiger partial charge in [0, 0.05) is 18.1 Å². The molecule has 9 heteroatoms. The molecule has 1 atom stereocenters. The molecule has 0 aromatic heterocycles. The van der Waals surface area contributed by atoms with Gasteiger partial charge in [0.1, 0.15) is 12.6 Å². The molecule has 0 aliphatic carbocycles. The Morgan fingerprint density at radius 1 is 0.950 bits per heavy atom. The third-order valence-corrected chi connectivity index (χ3v) is 8.60. The Balaban J connectivity index is 2.01. The van der Waals surface area contributed by atoms with Crippen LogP contribution in [0.5, 0.6) is 0 Å². The van der Waals surface area contributed by atoms with E-state index >= 15 is 0 Å². The van der Waals surface area contributed by atoms with Crippen LogP contribution >= 0.6 is 11.6 Å². The van der Waals surface area contributed by atoms with Gasteiger partial charge < -0.3 is 10.2 Å². The van der Waals surface area contributed by atoms with E-state index in [1.165, 1.54) is 17.0 Å². The first-order valence-corrected chi connectivity index (χ1v) is 15.3. The van der Waals surface area contributed by atoms with E-state index < -0.39 is 28.5 Å². The normalized spacial score (nSPS) is 12.2. The predicted octanol–water partition coefficient (Wildman–Crippen LogP) is 5.47. The first kappa shape index (κ1) is 31.2. The van der Waals surface area contributed by atoms with Crippen molar-refractivity contribution in [3.63, 3.8) is 0 Å². The molecule has 0 saturated heterocycles. The Morgan fingerprint density at radius 3 is 2.15 bits per heavy atom. The summed E-state index contributed by atoms with van der Waals surface area (Å²) >= 11 is 6.17. The second-order valence-corrected chi connectivity index (χ2v) is 12.4. The summed E-state index contributed by atoms with van der Waals surface area (Å²) in [6.45, 7) is 7.87. The van der Waals surface area contributed by atoms with Gasteiger partial charge in [-0.1, -0.05) is 80.9 Å². The van der Waals surface area contributed by atoms with Crippen LogP contribution in [0.3, 0.4) is 0 Å². The molecule has 0 aliphatic heterocycles. The lowest BCUT2D eigenvalue weighted by Crippen LogP contribution is -2.53. The summed E-state index contributed by atoms with van der Waals surface area (Å²) < 4.78 is 28.9. The van der Waals surface area contributed by atoms with Crippen molar-refractivity contribution in [3.8, 4) is 0 Å². The Morgan fingerprint density at radius 2 is 1.57 bits per heavy atom. The van der Waals surface area contributed by atoms with Gasteiger partial charge in [-0.25, -0.2) is 8.42 Å². The van der Waals surface area contributed by atoms with E-state index in [2.05, 4.69) is 5.32 Å². The SMILES string of the molecule is CC[C@@H](C(=O)NCC(C)C)N(CCc1ccccc1)C(=O)CN(c1ccc(Cl)cc1C)S(=O)(=O)c1ccccc1. The van der Waals surface area contributed by atoms with Crippen LogP contribution in [0.4, 0.5) is 5.69 Å². The third kappa shape index (κ3) is 8.08. The quantitative estimate of drug-likeness (QED) is 0.289. The molecule has 2 amide bonds. The highest BCUT2D eigenvalue weighted by atomic mass is 35.5. The van der Waals surface area contributed by atoms with Gasteiger partial charge >= 0.3 is 0 Å². The molecule has 0 fully saturated rings. The number of benzene rings is 3. The molecule has 0 saturated carbocycles. The number of halogens is 1. The summed E-state index contributed by atoms with van der Waals surface area (Å²) in [4.78, 5) is 28.9. The third-order valence-electron chi connectivity index (χ3n) is 6.59. The molecule has 0 unspecified atom stereocenters. The minimum atomic E-state index is -4.12. The maximum Gasteiger partial charge on any atom is 0.264 e. The van der Waals surface area contributed by atoms with E-state index in [4.69, 9.17) is 11.6 Å². The van der Waals surface area contributed by atoms with E-state index in [0.29, 0.717) is 35.7 Å². The van der Waals surface area contributed by atoms with Crippen LogP contribution in [-0.2, 0) is 26.0 Å². The highest BCUT2D eigenvalue weighted by Crippen LogP contribution is 2.29. The molecule has 3 aromatic carbocycles. The van der Waals surface area contributed by atoms with Gasteiger partial charge in [0.05, 0.1) is 10.6 Å². The van der Waals surface area contributed by atoms with Crippen LogP contribution in [0.15, 0.2) is 83.8 Å². The van der Waals surface area contributed by atoms with Crippen molar-refractivity contribution in [3.05, 3.63) is 95.0 Å². The van der Waals surface area contributed by atoms with Gasteiger partial charge in [-0.05, 0) is 67.1 Å². The molecule has 0 radical (unpaired) electrons. The van der Waals surface area contributed by atoms with E-state index in [1.807, 2.05) is 51.1 Å². The minimum absolute atomic E-state index is 0.0645. The lowest BCUT2D eigenvalue weighted by Gasteiger charge is -2.33. The first-order chi connectivity index (χ1) is 19.0. The molecule has 40 heavy (non-hydrogen) atoms. The maximum absolute atomic E-state index is 14.1. The molecule has 7 nitrogen and oxygen atoms in total. The fourth-order valence-electron chi connectivity index (χ4n) is 4.45. The number of carbonyl (C=O) groups is 2. The molecular weight excluding hydrogens is 546 g/mol. The summed E-state index contributed by atoms with van der Waals surface area (Å²) in [6, 6.07) is 21.8. The number of hydrogen-bond acceptors (Lipinski definition) is 4. The van der Waals surface area contributed by atoms with Crippen molar-refractivity contribution in [2.45, 2.75) is 51.5 Å². The number of nitrogens with zero attached hydrogens (tertiary/aromatic N) is 2. The minimum Gasteiger partial charge on any atom is -0.354 e. The highest BCUT2D eigenvalue weighted by molar-refractivity contribution is 7.92. The average Bonchev–Trinajstić information content (AvgIpc) is 2.94. The van der Waals surface area contributed by atoms with Crippen molar-refractivity contribution >= 4 is 39.1 Å². The number of anilines is 1. The summed E-state index contributed by atoms with van der Waals surface area (Å²) in [5.41, 5.74) is 1.97. The zero-order valence-electron chi connectivity index (χ0n) is 23.5. The molecule has 0 aliphatic rings. The number of rotatable bonds is 13. The Bertz CT molecular complexity index is 1380. The fourth-order valence-corrected chi connectivity index (χ4v) is 6.18. The first-order valence-electron chi connectivity index (χ1n) is 13.5. The number of amides is 2. The second kappa shape index (κ2) is 14.3. The van der Waals surface area contributed by atoms with Crippen molar-refractivity contribution < 1.29 is 18.0 Å². The topological polar surface area (TPSA) is 86.8 Å². The molecule has 214 valence electrons. The van der Waals surface area contributed by atoms with Crippen molar-refractivity contribution in [2.75, 3.05) is 23.9 Å². The summed E-state index contributed by atoms with van der Waals surface area (Å²) in [5.74, 6) is -0.469. The molecule has 3 aromatic rings. The second-order valence-electron chi connectivity index (χ2n) is 10.1. The van der Waals surface area contributed by atoms with Crippen molar-refractivity contribution in [1.29, 1.82) is 0 Å². The van der Waals surface area contributed by atoms with Crippen molar-refractivity contribution in [2.24, 2.45) is 5.92 Å². The van der Waals surface area contributed by atoms with Gasteiger partial charge in [0.15, 0.2) is 0 Å². The van der Waals surface area contributed by atoms with Crippen LogP contribution in [0, 0.1) is 12.8 Å². The van der Waals surface area contributed by atoms with Crippen LogP contribution < -0.4 is 9.62 Å². The number of carbonyl (C=O) groups excluding carboxylic acids is 2. The number of hydrogen-bond donors (Lipinski definition) is 1. The van der Waals surface area contributed by atoms with Gasteiger partial charge in [-0.3, -0.25) is 13.9 Å². The average molecular weight is 584 g/mol. The van der Waals surface area contributed by atoms with Gasteiger partial charge in [0.25, 0.3) is 10.0 Å². The summed E-state index contributed by atoms with van der Waals surface area (Å²) in [5, 5.41) is 3.40. The Labute approximate surface area is 243 Å². The number of aryl methyl sites for hydroxylation is 1. The largest absolute Gasteiger partial charge is 0.354 e. The van der Waals surface area contributed by atoms with Gasteiger partial charge in [-0.15, -0.1) is 0 Å². The fraction of sp³-hybridized carbons (Fsp3) is 0.355.